The number of pyridine rings is 1. The van der Waals surface area contributed by atoms with E-state index >= 15 is 0 Å². The molecule has 0 aromatic carbocycles. The van der Waals surface area contributed by atoms with Crippen molar-refractivity contribution in [3.8, 4) is 0 Å². The molecule has 0 radical (unpaired) electrons. The van der Waals surface area contributed by atoms with Crippen molar-refractivity contribution in [2.24, 2.45) is 5.73 Å². The van der Waals surface area contributed by atoms with Crippen molar-refractivity contribution in [1.82, 2.24) is 14.8 Å². The summed E-state index contributed by atoms with van der Waals surface area (Å²) in [6.07, 6.45) is 5.97. The molecule has 1 amide bonds. The SMILES string of the molecule is CCc1ccc(CN2CCc3c(C(=O)N4CCC[C@@H](N)C4)csc3C2)nc1. The second-order valence-electron chi connectivity index (χ2n) is 7.68. The lowest BCUT2D eigenvalue weighted by atomic mass is 10.0. The number of carbonyl (C=O) groups excluding carboxylic acids is 1. The number of nitrogens with two attached hydrogens (primary N) is 1. The quantitative estimate of drug-likeness (QED) is 0.880. The van der Waals surface area contributed by atoms with Gasteiger partial charge in [-0.2, -0.15) is 0 Å². The van der Waals surface area contributed by atoms with E-state index in [1.54, 1.807) is 11.3 Å². The minimum absolute atomic E-state index is 0.124. The molecule has 2 aliphatic rings. The van der Waals surface area contributed by atoms with Gasteiger partial charge in [-0.25, -0.2) is 0 Å². The number of fused-ring (bicyclic) bond motifs is 1. The van der Waals surface area contributed by atoms with Crippen molar-refractivity contribution in [3.05, 3.63) is 51.0 Å². The van der Waals surface area contributed by atoms with Crippen LogP contribution in [0.1, 0.15) is 51.8 Å². The Morgan fingerprint density at radius 2 is 2.26 bits per heavy atom. The first-order valence-corrected chi connectivity index (χ1v) is 10.8. The topological polar surface area (TPSA) is 62.5 Å². The average molecular weight is 385 g/mol. The summed E-state index contributed by atoms with van der Waals surface area (Å²) in [5.74, 6) is 0.174. The van der Waals surface area contributed by atoms with Gasteiger partial charge in [0.15, 0.2) is 0 Å². The normalized spacial score (nSPS) is 20.5. The number of aromatic nitrogens is 1. The Bertz CT molecular complexity index is 801. The maximum Gasteiger partial charge on any atom is 0.255 e. The molecule has 144 valence electrons. The third-order valence-electron chi connectivity index (χ3n) is 5.68. The molecule has 1 fully saturated rings. The van der Waals surface area contributed by atoms with Gasteiger partial charge >= 0.3 is 0 Å². The van der Waals surface area contributed by atoms with Crippen molar-refractivity contribution in [2.75, 3.05) is 19.6 Å². The number of thiophene rings is 1. The molecule has 1 saturated heterocycles. The van der Waals surface area contributed by atoms with Gasteiger partial charge in [0, 0.05) is 55.2 Å². The van der Waals surface area contributed by atoms with E-state index < -0.39 is 0 Å². The average Bonchev–Trinajstić information content (AvgIpc) is 3.11. The van der Waals surface area contributed by atoms with Gasteiger partial charge in [0.2, 0.25) is 0 Å². The van der Waals surface area contributed by atoms with Crippen LogP contribution in [-0.2, 0) is 25.9 Å². The van der Waals surface area contributed by atoms with E-state index in [2.05, 4.69) is 34.3 Å². The van der Waals surface area contributed by atoms with Gasteiger partial charge in [0.05, 0.1) is 11.3 Å². The summed E-state index contributed by atoms with van der Waals surface area (Å²) in [6, 6.07) is 4.43. The smallest absolute Gasteiger partial charge is 0.255 e. The van der Waals surface area contributed by atoms with Gasteiger partial charge in [-0.1, -0.05) is 13.0 Å². The third kappa shape index (κ3) is 4.08. The maximum atomic E-state index is 13.0. The Hall–Kier alpha value is -1.76. The maximum absolute atomic E-state index is 13.0. The first-order valence-electron chi connectivity index (χ1n) is 9.94. The van der Waals surface area contributed by atoms with Crippen LogP contribution < -0.4 is 5.73 Å². The lowest BCUT2D eigenvalue weighted by molar-refractivity contribution is 0.0707. The Balaban J connectivity index is 1.43. The van der Waals surface area contributed by atoms with Gasteiger partial charge in [0.25, 0.3) is 5.91 Å². The van der Waals surface area contributed by atoms with Crippen molar-refractivity contribution < 1.29 is 4.79 Å². The summed E-state index contributed by atoms with van der Waals surface area (Å²) in [7, 11) is 0. The summed E-state index contributed by atoms with van der Waals surface area (Å²) in [5.41, 5.74) is 10.6. The number of carbonyl (C=O) groups is 1. The molecule has 1 atom stereocenters. The highest BCUT2D eigenvalue weighted by Crippen LogP contribution is 2.30. The number of likely N-dealkylation sites (tertiary alicyclic amines) is 1. The number of piperidine rings is 1. The highest BCUT2D eigenvalue weighted by Gasteiger charge is 2.28. The molecule has 4 rings (SSSR count). The van der Waals surface area contributed by atoms with Crippen LogP contribution in [0.5, 0.6) is 0 Å². The molecule has 0 spiro atoms. The number of amides is 1. The molecule has 2 aromatic rings. The van der Waals surface area contributed by atoms with Gasteiger partial charge in [-0.3, -0.25) is 14.7 Å². The molecule has 6 heteroatoms. The fraction of sp³-hybridized carbons (Fsp3) is 0.524. The van der Waals surface area contributed by atoms with Gasteiger partial charge < -0.3 is 10.6 Å². The van der Waals surface area contributed by atoms with Crippen molar-refractivity contribution in [1.29, 1.82) is 0 Å². The molecule has 0 bridgehead atoms. The Morgan fingerprint density at radius 1 is 1.37 bits per heavy atom. The fourth-order valence-electron chi connectivity index (χ4n) is 4.05. The van der Waals surface area contributed by atoms with E-state index in [9.17, 15) is 4.79 Å². The Labute approximate surface area is 165 Å². The van der Waals surface area contributed by atoms with E-state index in [-0.39, 0.29) is 11.9 Å². The Morgan fingerprint density at radius 3 is 3.00 bits per heavy atom. The summed E-state index contributed by atoms with van der Waals surface area (Å²) in [6.45, 7) is 6.42. The van der Waals surface area contributed by atoms with Crippen LogP contribution in [0.2, 0.25) is 0 Å². The monoisotopic (exact) mass is 384 g/mol. The highest BCUT2D eigenvalue weighted by atomic mass is 32.1. The molecule has 0 saturated carbocycles. The van der Waals surface area contributed by atoms with E-state index in [4.69, 9.17) is 5.73 Å². The van der Waals surface area contributed by atoms with E-state index in [0.717, 1.165) is 63.1 Å². The van der Waals surface area contributed by atoms with Crippen LogP contribution in [-0.4, -0.2) is 46.4 Å². The minimum Gasteiger partial charge on any atom is -0.337 e. The number of hydrogen-bond acceptors (Lipinski definition) is 5. The first-order chi connectivity index (χ1) is 13.1. The molecule has 2 aliphatic heterocycles. The zero-order chi connectivity index (χ0) is 18.8. The summed E-state index contributed by atoms with van der Waals surface area (Å²) in [4.78, 5) is 23.3. The number of hydrogen-bond donors (Lipinski definition) is 1. The van der Waals surface area contributed by atoms with Crippen molar-refractivity contribution >= 4 is 17.2 Å². The lowest BCUT2D eigenvalue weighted by Gasteiger charge is -2.31. The van der Waals surface area contributed by atoms with Crippen LogP contribution in [0.25, 0.3) is 0 Å². The second-order valence-corrected chi connectivity index (χ2v) is 8.64. The predicted molar refractivity (Wildman–Crippen MR) is 109 cm³/mol. The highest BCUT2D eigenvalue weighted by molar-refractivity contribution is 7.10. The van der Waals surface area contributed by atoms with E-state index in [1.807, 2.05) is 11.1 Å². The molecule has 5 nitrogen and oxygen atoms in total. The summed E-state index contributed by atoms with van der Waals surface area (Å²) in [5, 5.41) is 2.06. The van der Waals surface area contributed by atoms with Gasteiger partial charge in [-0.15, -0.1) is 11.3 Å². The third-order valence-corrected chi connectivity index (χ3v) is 6.69. The molecular weight excluding hydrogens is 356 g/mol. The fourth-order valence-corrected chi connectivity index (χ4v) is 5.16. The molecule has 27 heavy (non-hydrogen) atoms. The molecule has 2 aromatic heterocycles. The van der Waals surface area contributed by atoms with E-state index in [1.165, 1.54) is 16.0 Å². The van der Waals surface area contributed by atoms with Crippen LogP contribution >= 0.6 is 11.3 Å². The number of rotatable bonds is 4. The first kappa shape index (κ1) is 18.6. The molecule has 4 heterocycles. The number of nitrogens with zero attached hydrogens (tertiary/aromatic N) is 3. The molecule has 0 unspecified atom stereocenters. The standard InChI is InChI=1S/C21H28N4OS/c1-2-15-5-6-17(23-10-15)12-24-9-7-18-19(14-27-20(18)13-24)21(26)25-8-3-4-16(22)11-25/h5-6,10,14,16H,2-4,7-9,11-13,22H2,1H3/t16-/m1/s1. The second kappa shape index (κ2) is 8.09. The van der Waals surface area contributed by atoms with Gasteiger partial charge in [-0.05, 0) is 42.9 Å². The van der Waals surface area contributed by atoms with Crippen LogP contribution in [0.3, 0.4) is 0 Å². The summed E-state index contributed by atoms with van der Waals surface area (Å²) >= 11 is 1.72. The molecular formula is C21H28N4OS. The van der Waals surface area contributed by atoms with Crippen LogP contribution in [0.4, 0.5) is 0 Å². The number of aryl methyl sites for hydroxylation is 1. The predicted octanol–water partition coefficient (Wildman–Crippen LogP) is 2.83. The summed E-state index contributed by atoms with van der Waals surface area (Å²) < 4.78 is 0. The van der Waals surface area contributed by atoms with Crippen LogP contribution in [0, 0.1) is 0 Å². The molecule has 0 aliphatic carbocycles. The Kier molecular flexibility index (Phi) is 5.57. The molecule has 2 N–H and O–H groups in total. The minimum atomic E-state index is 0.124. The lowest BCUT2D eigenvalue weighted by Crippen LogP contribution is -2.46. The van der Waals surface area contributed by atoms with Crippen molar-refractivity contribution in [3.63, 3.8) is 0 Å². The zero-order valence-electron chi connectivity index (χ0n) is 16.0. The van der Waals surface area contributed by atoms with Crippen molar-refractivity contribution in [2.45, 2.75) is 51.7 Å². The zero-order valence-corrected chi connectivity index (χ0v) is 16.8. The van der Waals surface area contributed by atoms with E-state index in [0.29, 0.717) is 6.54 Å². The largest absolute Gasteiger partial charge is 0.337 e. The van der Waals surface area contributed by atoms with Crippen LogP contribution in [0.15, 0.2) is 23.7 Å². The van der Waals surface area contributed by atoms with Gasteiger partial charge in [0.1, 0.15) is 0 Å².